The lowest BCUT2D eigenvalue weighted by atomic mass is 10.1. The zero-order chi connectivity index (χ0) is 18.1. The van der Waals surface area contributed by atoms with Gasteiger partial charge in [-0.05, 0) is 42.7 Å². The van der Waals surface area contributed by atoms with Gasteiger partial charge in [-0.2, -0.15) is 5.10 Å². The number of benzene rings is 2. The first-order valence-corrected chi connectivity index (χ1v) is 8.86. The minimum Gasteiger partial charge on any atom is -0.435 e. The minimum absolute atomic E-state index is 0.458. The SMILES string of the molecule is NC(=O)OC(c1ccccc1)c1cc(C2CC2)nn1-c1cccc(Cl)c1. The van der Waals surface area contributed by atoms with Crippen molar-refractivity contribution in [2.24, 2.45) is 5.73 Å². The van der Waals surface area contributed by atoms with Crippen LogP contribution in [0.25, 0.3) is 5.69 Å². The first-order valence-electron chi connectivity index (χ1n) is 8.48. The number of hydrogen-bond donors (Lipinski definition) is 1. The summed E-state index contributed by atoms with van der Waals surface area (Å²) in [5, 5.41) is 5.38. The van der Waals surface area contributed by atoms with Crippen molar-refractivity contribution in [1.29, 1.82) is 0 Å². The number of nitrogens with zero attached hydrogens (tertiary/aromatic N) is 2. The van der Waals surface area contributed by atoms with Crippen LogP contribution in [-0.2, 0) is 4.74 Å². The van der Waals surface area contributed by atoms with Gasteiger partial charge in [0.1, 0.15) is 0 Å². The number of rotatable bonds is 5. The number of carbonyl (C=O) groups is 1. The summed E-state index contributed by atoms with van der Waals surface area (Å²) in [7, 11) is 0. The third kappa shape index (κ3) is 3.44. The summed E-state index contributed by atoms with van der Waals surface area (Å²) in [5.41, 5.74) is 8.74. The summed E-state index contributed by atoms with van der Waals surface area (Å²) >= 11 is 6.16. The number of amides is 1. The van der Waals surface area contributed by atoms with Crippen LogP contribution in [0.3, 0.4) is 0 Å². The van der Waals surface area contributed by atoms with Gasteiger partial charge in [0.25, 0.3) is 0 Å². The number of primary amides is 1. The Bertz CT molecular complexity index is 935. The van der Waals surface area contributed by atoms with Crippen molar-refractivity contribution in [3.8, 4) is 5.69 Å². The largest absolute Gasteiger partial charge is 0.435 e. The topological polar surface area (TPSA) is 70.1 Å². The standard InChI is InChI=1S/C20H18ClN3O2/c21-15-7-4-8-16(11-15)24-18(12-17(23-24)13-9-10-13)19(26-20(22)25)14-5-2-1-3-6-14/h1-8,11-13,19H,9-10H2,(H2,22,25). The molecule has 6 heteroatoms. The average Bonchev–Trinajstić information content (AvgIpc) is 3.39. The molecule has 1 amide bonds. The summed E-state index contributed by atoms with van der Waals surface area (Å²) < 4.78 is 7.27. The van der Waals surface area contributed by atoms with Crippen molar-refractivity contribution in [3.05, 3.63) is 82.6 Å². The van der Waals surface area contributed by atoms with Gasteiger partial charge >= 0.3 is 6.09 Å². The number of nitrogens with two attached hydrogens (primary N) is 1. The average molecular weight is 368 g/mol. The van der Waals surface area contributed by atoms with Gasteiger partial charge in [-0.1, -0.05) is 48.0 Å². The van der Waals surface area contributed by atoms with Crippen molar-refractivity contribution in [2.45, 2.75) is 24.9 Å². The summed E-state index contributed by atoms with van der Waals surface area (Å²) in [6.45, 7) is 0. The lowest BCUT2D eigenvalue weighted by molar-refractivity contribution is 0.123. The van der Waals surface area contributed by atoms with E-state index in [4.69, 9.17) is 27.2 Å². The fourth-order valence-electron chi connectivity index (χ4n) is 3.04. The van der Waals surface area contributed by atoms with Crippen LogP contribution in [0.1, 0.15) is 41.8 Å². The van der Waals surface area contributed by atoms with Crippen LogP contribution in [-0.4, -0.2) is 15.9 Å². The molecular formula is C20H18ClN3O2. The van der Waals surface area contributed by atoms with Gasteiger partial charge in [-0.15, -0.1) is 0 Å². The molecule has 2 aromatic carbocycles. The molecule has 1 saturated carbocycles. The molecule has 1 aromatic heterocycles. The van der Waals surface area contributed by atoms with Gasteiger partial charge in [-0.3, -0.25) is 0 Å². The van der Waals surface area contributed by atoms with Gasteiger partial charge in [0, 0.05) is 10.9 Å². The quantitative estimate of drug-likeness (QED) is 0.717. The Labute approximate surface area is 156 Å². The fourth-order valence-corrected chi connectivity index (χ4v) is 3.22. The van der Waals surface area contributed by atoms with E-state index in [0.717, 1.165) is 35.5 Å². The molecule has 0 radical (unpaired) electrons. The Kier molecular flexibility index (Phi) is 4.39. The van der Waals surface area contributed by atoms with Gasteiger partial charge in [-0.25, -0.2) is 9.48 Å². The Morgan fingerprint density at radius 2 is 1.92 bits per heavy atom. The van der Waals surface area contributed by atoms with Crippen molar-refractivity contribution in [2.75, 3.05) is 0 Å². The number of hydrogen-bond acceptors (Lipinski definition) is 3. The maximum atomic E-state index is 11.6. The molecule has 1 fully saturated rings. The predicted octanol–water partition coefficient (Wildman–Crippen LogP) is 4.59. The maximum Gasteiger partial charge on any atom is 0.405 e. The molecule has 26 heavy (non-hydrogen) atoms. The van der Waals surface area contributed by atoms with Crippen LogP contribution in [0, 0.1) is 0 Å². The second kappa shape index (κ2) is 6.84. The highest BCUT2D eigenvalue weighted by Gasteiger charge is 2.31. The molecule has 0 bridgehead atoms. The number of ether oxygens (including phenoxy) is 1. The monoisotopic (exact) mass is 367 g/mol. The first kappa shape index (κ1) is 16.7. The van der Waals surface area contributed by atoms with E-state index in [1.165, 1.54) is 0 Å². The van der Waals surface area contributed by atoms with E-state index in [1.54, 1.807) is 4.68 Å². The van der Waals surface area contributed by atoms with Crippen LogP contribution < -0.4 is 5.73 Å². The zero-order valence-electron chi connectivity index (χ0n) is 14.0. The minimum atomic E-state index is -0.828. The summed E-state index contributed by atoms with van der Waals surface area (Å²) in [6, 6.07) is 18.9. The van der Waals surface area contributed by atoms with E-state index in [1.807, 2.05) is 60.7 Å². The first-order chi connectivity index (χ1) is 12.6. The van der Waals surface area contributed by atoms with Crippen molar-refractivity contribution in [3.63, 3.8) is 0 Å². The Hall–Kier alpha value is -2.79. The van der Waals surface area contributed by atoms with Crippen LogP contribution in [0.4, 0.5) is 4.79 Å². The number of halogens is 1. The molecule has 132 valence electrons. The maximum absolute atomic E-state index is 11.6. The normalized spacial score (nSPS) is 14.8. The lowest BCUT2D eigenvalue weighted by Crippen LogP contribution is -2.20. The molecule has 0 spiro atoms. The Balaban J connectivity index is 1.85. The molecule has 2 N–H and O–H groups in total. The van der Waals surface area contributed by atoms with Gasteiger partial charge in [0.05, 0.1) is 17.1 Å². The number of carbonyl (C=O) groups excluding carboxylic acids is 1. The summed E-state index contributed by atoms with van der Waals surface area (Å²) in [6.07, 6.45) is 0.774. The zero-order valence-corrected chi connectivity index (χ0v) is 14.8. The highest BCUT2D eigenvalue weighted by molar-refractivity contribution is 6.30. The van der Waals surface area contributed by atoms with Crippen LogP contribution in [0.5, 0.6) is 0 Å². The molecule has 5 nitrogen and oxygen atoms in total. The van der Waals surface area contributed by atoms with E-state index >= 15 is 0 Å². The molecule has 0 saturated heterocycles. The Morgan fingerprint density at radius 1 is 1.15 bits per heavy atom. The highest BCUT2D eigenvalue weighted by atomic mass is 35.5. The second-order valence-electron chi connectivity index (χ2n) is 6.39. The summed E-state index contributed by atoms with van der Waals surface area (Å²) in [4.78, 5) is 11.6. The van der Waals surface area contributed by atoms with Gasteiger partial charge < -0.3 is 10.5 Å². The van der Waals surface area contributed by atoms with Crippen LogP contribution >= 0.6 is 11.6 Å². The molecule has 4 rings (SSSR count). The number of aromatic nitrogens is 2. The van der Waals surface area contributed by atoms with E-state index < -0.39 is 12.2 Å². The molecule has 0 aliphatic heterocycles. The van der Waals surface area contributed by atoms with Crippen molar-refractivity contribution in [1.82, 2.24) is 9.78 Å². The molecule has 3 aromatic rings. The molecule has 1 unspecified atom stereocenters. The third-order valence-corrected chi connectivity index (χ3v) is 4.64. The fraction of sp³-hybridized carbons (Fsp3) is 0.200. The Morgan fingerprint density at radius 3 is 2.58 bits per heavy atom. The molecule has 1 heterocycles. The van der Waals surface area contributed by atoms with Crippen LogP contribution in [0.2, 0.25) is 5.02 Å². The van der Waals surface area contributed by atoms with Crippen molar-refractivity contribution < 1.29 is 9.53 Å². The lowest BCUT2D eigenvalue weighted by Gasteiger charge is -2.18. The molecule has 1 aliphatic rings. The molecule has 1 aliphatic carbocycles. The van der Waals surface area contributed by atoms with Gasteiger partial charge in [0.15, 0.2) is 6.10 Å². The van der Waals surface area contributed by atoms with Crippen molar-refractivity contribution >= 4 is 17.7 Å². The van der Waals surface area contributed by atoms with E-state index in [2.05, 4.69) is 0 Å². The van der Waals surface area contributed by atoms with E-state index in [0.29, 0.717) is 10.9 Å². The van der Waals surface area contributed by atoms with E-state index in [9.17, 15) is 4.79 Å². The molecule has 1 atom stereocenters. The second-order valence-corrected chi connectivity index (χ2v) is 6.82. The summed E-state index contributed by atoms with van der Waals surface area (Å²) in [5.74, 6) is 0.458. The highest BCUT2D eigenvalue weighted by Crippen LogP contribution is 2.41. The van der Waals surface area contributed by atoms with Crippen LogP contribution in [0.15, 0.2) is 60.7 Å². The predicted molar refractivity (Wildman–Crippen MR) is 99.5 cm³/mol. The molecular weight excluding hydrogens is 350 g/mol. The van der Waals surface area contributed by atoms with Gasteiger partial charge in [0.2, 0.25) is 0 Å². The van der Waals surface area contributed by atoms with E-state index in [-0.39, 0.29) is 0 Å². The third-order valence-electron chi connectivity index (χ3n) is 4.41. The smallest absolute Gasteiger partial charge is 0.405 e.